The molecule has 2 aliphatic rings. The van der Waals surface area contributed by atoms with Gasteiger partial charge in [0, 0.05) is 39.6 Å². The number of nitrogens with zero attached hydrogens (tertiary/aromatic N) is 1. The van der Waals surface area contributed by atoms with Crippen LogP contribution in [0, 0.1) is 6.92 Å². The van der Waals surface area contributed by atoms with Crippen molar-refractivity contribution in [2.45, 2.75) is 45.6 Å². The molecule has 1 aromatic heterocycles. The van der Waals surface area contributed by atoms with Crippen LogP contribution in [0.3, 0.4) is 0 Å². The molecule has 0 saturated carbocycles. The molecular weight excluding hydrogens is 336 g/mol. The first-order valence-corrected chi connectivity index (χ1v) is 9.09. The molecule has 2 atom stereocenters. The van der Waals surface area contributed by atoms with Crippen molar-refractivity contribution in [3.63, 3.8) is 0 Å². The fourth-order valence-corrected chi connectivity index (χ4v) is 4.95. The fourth-order valence-electron chi connectivity index (χ4n) is 4.48. The molecule has 2 aromatic rings. The van der Waals surface area contributed by atoms with Gasteiger partial charge in [-0.3, -0.25) is 4.90 Å². The van der Waals surface area contributed by atoms with Crippen molar-refractivity contribution in [3.05, 3.63) is 45.1 Å². The number of aromatic amines is 1. The molecule has 1 aromatic carbocycles. The minimum absolute atomic E-state index is 0.531. The van der Waals surface area contributed by atoms with E-state index in [9.17, 15) is 0 Å². The number of fused-ring (bicyclic) bond motifs is 2. The van der Waals surface area contributed by atoms with Crippen LogP contribution < -0.4 is 0 Å². The lowest BCUT2D eigenvalue weighted by Gasteiger charge is -2.43. The lowest BCUT2D eigenvalue weighted by Crippen LogP contribution is -2.46. The van der Waals surface area contributed by atoms with Crippen molar-refractivity contribution in [2.24, 2.45) is 0 Å². The minimum Gasteiger partial charge on any atom is -0.358 e. The van der Waals surface area contributed by atoms with Crippen molar-refractivity contribution >= 4 is 26.8 Å². The standard InChI is InChI=1S/C19H23BrN2/c1-4-5-22-10-11(2)6-15-16-7-13(20)8-17-19(16)14(9-18(15)22)12(3)21-17/h6-8,15,18,21H,4-5,9-10H2,1-3H3/t15-,18-/m1/s1. The van der Waals surface area contributed by atoms with E-state index < -0.39 is 0 Å². The molecule has 0 spiro atoms. The highest BCUT2D eigenvalue weighted by molar-refractivity contribution is 9.10. The summed E-state index contributed by atoms with van der Waals surface area (Å²) in [6.45, 7) is 9.12. The monoisotopic (exact) mass is 358 g/mol. The van der Waals surface area contributed by atoms with Gasteiger partial charge in [0.15, 0.2) is 0 Å². The highest BCUT2D eigenvalue weighted by Gasteiger charge is 2.37. The van der Waals surface area contributed by atoms with Crippen molar-refractivity contribution in [2.75, 3.05) is 13.1 Å². The number of benzene rings is 1. The Kier molecular flexibility index (Phi) is 3.46. The second-order valence-corrected chi connectivity index (χ2v) is 7.84. The summed E-state index contributed by atoms with van der Waals surface area (Å²) in [5, 5.41) is 1.48. The van der Waals surface area contributed by atoms with E-state index in [4.69, 9.17) is 0 Å². The molecule has 1 aliphatic carbocycles. The Morgan fingerprint density at radius 2 is 2.14 bits per heavy atom. The van der Waals surface area contributed by atoms with Gasteiger partial charge in [0.1, 0.15) is 0 Å². The number of aromatic nitrogens is 1. The third-order valence-electron chi connectivity index (χ3n) is 5.29. The molecule has 3 heteroatoms. The Hall–Kier alpha value is -1.06. The number of nitrogens with one attached hydrogen (secondary N) is 1. The van der Waals surface area contributed by atoms with Crippen molar-refractivity contribution in [3.8, 4) is 0 Å². The largest absolute Gasteiger partial charge is 0.358 e. The van der Waals surface area contributed by atoms with E-state index in [1.165, 1.54) is 57.2 Å². The highest BCUT2D eigenvalue weighted by atomic mass is 79.9. The van der Waals surface area contributed by atoms with Crippen LogP contribution in [0.2, 0.25) is 0 Å². The van der Waals surface area contributed by atoms with Gasteiger partial charge in [0.2, 0.25) is 0 Å². The maximum atomic E-state index is 3.71. The molecule has 0 bridgehead atoms. The SMILES string of the molecule is CCCN1CC(C)=C[C@@H]2c3cc(Br)cc4[nH]c(C)c(c34)C[C@H]21. The summed E-state index contributed by atoms with van der Waals surface area (Å²) in [6.07, 6.45) is 4.92. The summed E-state index contributed by atoms with van der Waals surface area (Å²) in [4.78, 5) is 6.29. The van der Waals surface area contributed by atoms with Crippen LogP contribution in [-0.2, 0) is 6.42 Å². The van der Waals surface area contributed by atoms with Crippen LogP contribution in [0.15, 0.2) is 28.3 Å². The van der Waals surface area contributed by atoms with Gasteiger partial charge in [0.05, 0.1) is 0 Å². The number of hydrogen-bond acceptors (Lipinski definition) is 1. The summed E-state index contributed by atoms with van der Waals surface area (Å²) in [6, 6.07) is 5.18. The molecule has 0 fully saturated rings. The zero-order valence-electron chi connectivity index (χ0n) is 13.5. The lowest BCUT2D eigenvalue weighted by atomic mass is 9.76. The van der Waals surface area contributed by atoms with Crippen LogP contribution in [0.4, 0.5) is 0 Å². The van der Waals surface area contributed by atoms with Gasteiger partial charge in [-0.1, -0.05) is 34.5 Å². The van der Waals surface area contributed by atoms with E-state index in [1.54, 1.807) is 0 Å². The van der Waals surface area contributed by atoms with Crippen LogP contribution in [-0.4, -0.2) is 29.0 Å². The minimum atomic E-state index is 0.531. The molecule has 0 saturated heterocycles. The summed E-state index contributed by atoms with van der Waals surface area (Å²) in [7, 11) is 0. The second-order valence-electron chi connectivity index (χ2n) is 6.93. The summed E-state index contributed by atoms with van der Waals surface area (Å²) in [5.41, 5.74) is 7.18. The molecule has 116 valence electrons. The molecule has 0 unspecified atom stereocenters. The summed E-state index contributed by atoms with van der Waals surface area (Å²) < 4.78 is 1.18. The van der Waals surface area contributed by atoms with E-state index >= 15 is 0 Å². The van der Waals surface area contributed by atoms with Crippen LogP contribution in [0.5, 0.6) is 0 Å². The van der Waals surface area contributed by atoms with Crippen LogP contribution in [0.25, 0.3) is 10.9 Å². The molecule has 22 heavy (non-hydrogen) atoms. The van der Waals surface area contributed by atoms with Crippen molar-refractivity contribution in [1.29, 1.82) is 0 Å². The molecule has 4 rings (SSSR count). The third kappa shape index (κ3) is 2.10. The van der Waals surface area contributed by atoms with Gasteiger partial charge in [-0.2, -0.15) is 0 Å². The summed E-state index contributed by atoms with van der Waals surface area (Å²) >= 11 is 3.71. The Bertz CT molecular complexity index is 771. The molecule has 2 heterocycles. The third-order valence-corrected chi connectivity index (χ3v) is 5.75. The number of halogens is 1. The first-order valence-electron chi connectivity index (χ1n) is 8.30. The van der Waals surface area contributed by atoms with E-state index in [-0.39, 0.29) is 0 Å². The number of H-pyrrole nitrogens is 1. The Labute approximate surface area is 140 Å². The molecule has 2 nitrogen and oxygen atoms in total. The van der Waals surface area contributed by atoms with E-state index in [0.29, 0.717) is 12.0 Å². The maximum Gasteiger partial charge on any atom is 0.0473 e. The Morgan fingerprint density at radius 3 is 2.91 bits per heavy atom. The van der Waals surface area contributed by atoms with Crippen molar-refractivity contribution in [1.82, 2.24) is 9.88 Å². The first kappa shape index (κ1) is 14.5. The van der Waals surface area contributed by atoms with Gasteiger partial charge < -0.3 is 4.98 Å². The number of rotatable bonds is 2. The quantitative estimate of drug-likeness (QED) is 0.754. The molecular formula is C19H23BrN2. The molecule has 0 radical (unpaired) electrons. The maximum absolute atomic E-state index is 3.71. The molecule has 0 amide bonds. The second kappa shape index (κ2) is 5.24. The van der Waals surface area contributed by atoms with E-state index in [1.807, 2.05) is 0 Å². The predicted molar refractivity (Wildman–Crippen MR) is 96.6 cm³/mol. The zero-order chi connectivity index (χ0) is 15.4. The first-order chi connectivity index (χ1) is 10.6. The van der Waals surface area contributed by atoms with Gasteiger partial charge in [0.25, 0.3) is 0 Å². The average molecular weight is 359 g/mol. The van der Waals surface area contributed by atoms with Gasteiger partial charge in [-0.15, -0.1) is 0 Å². The Morgan fingerprint density at radius 1 is 1.32 bits per heavy atom. The van der Waals surface area contributed by atoms with Gasteiger partial charge in [-0.05, 0) is 56.5 Å². The average Bonchev–Trinajstić information content (AvgIpc) is 2.77. The topological polar surface area (TPSA) is 19.0 Å². The van der Waals surface area contributed by atoms with E-state index in [0.717, 1.165) is 6.54 Å². The highest BCUT2D eigenvalue weighted by Crippen LogP contribution is 2.44. The number of aryl methyl sites for hydroxylation is 1. The summed E-state index contributed by atoms with van der Waals surface area (Å²) in [5.74, 6) is 0.531. The molecule has 1 N–H and O–H groups in total. The normalized spacial score (nSPS) is 24.5. The zero-order valence-corrected chi connectivity index (χ0v) is 15.1. The Balaban J connectivity index is 1.94. The lowest BCUT2D eigenvalue weighted by molar-refractivity contribution is 0.182. The number of hydrogen-bond donors (Lipinski definition) is 1. The van der Waals surface area contributed by atoms with Gasteiger partial charge >= 0.3 is 0 Å². The van der Waals surface area contributed by atoms with E-state index in [2.05, 4.69) is 64.8 Å². The fraction of sp³-hybridized carbons (Fsp3) is 0.474. The van der Waals surface area contributed by atoms with Crippen LogP contribution >= 0.6 is 15.9 Å². The molecule has 1 aliphatic heterocycles. The smallest absolute Gasteiger partial charge is 0.0473 e. The van der Waals surface area contributed by atoms with Gasteiger partial charge in [-0.25, -0.2) is 0 Å². The van der Waals surface area contributed by atoms with Crippen LogP contribution in [0.1, 0.15) is 43.0 Å². The predicted octanol–water partition coefficient (Wildman–Crippen LogP) is 4.92. The van der Waals surface area contributed by atoms with Crippen molar-refractivity contribution < 1.29 is 0 Å².